The first kappa shape index (κ1) is 13.3. The third-order valence-electron chi connectivity index (χ3n) is 3.30. The molecule has 1 aromatic rings. The summed E-state index contributed by atoms with van der Waals surface area (Å²) in [5, 5.41) is 5.32. The predicted molar refractivity (Wildman–Crippen MR) is 68.9 cm³/mol. The number of nitrogens with one attached hydrogen (secondary N) is 2. The average molecular weight is 265 g/mol. The van der Waals surface area contributed by atoms with Crippen LogP contribution in [0.15, 0.2) is 24.3 Å². The number of urea groups is 1. The third-order valence-corrected chi connectivity index (χ3v) is 3.30. The second kappa shape index (κ2) is 5.69. The number of benzene rings is 1. The second-order valence-corrected chi connectivity index (χ2v) is 4.65. The number of amides is 3. The highest BCUT2D eigenvalue weighted by atomic mass is 19.1. The Morgan fingerprint density at radius 2 is 1.89 bits per heavy atom. The fourth-order valence-corrected chi connectivity index (χ4v) is 2.34. The molecule has 5 nitrogen and oxygen atoms in total. The summed E-state index contributed by atoms with van der Waals surface area (Å²) < 4.78 is 12.7. The van der Waals surface area contributed by atoms with Crippen LogP contribution in [-0.2, 0) is 4.79 Å². The Morgan fingerprint density at radius 1 is 1.21 bits per heavy atom. The number of carbonyl (C=O) groups excluding carboxylic acids is 2. The van der Waals surface area contributed by atoms with Gasteiger partial charge in [-0.15, -0.1) is 0 Å². The summed E-state index contributed by atoms with van der Waals surface area (Å²) in [6, 6.07) is 4.82. The first-order valence-corrected chi connectivity index (χ1v) is 6.18. The van der Waals surface area contributed by atoms with Crippen molar-refractivity contribution in [3.8, 4) is 0 Å². The van der Waals surface area contributed by atoms with Crippen molar-refractivity contribution in [3.05, 3.63) is 30.1 Å². The van der Waals surface area contributed by atoms with Crippen LogP contribution in [0.5, 0.6) is 0 Å². The van der Waals surface area contributed by atoms with Gasteiger partial charge in [-0.05, 0) is 37.1 Å². The summed E-state index contributed by atoms with van der Waals surface area (Å²) in [4.78, 5) is 23.0. The second-order valence-electron chi connectivity index (χ2n) is 4.65. The van der Waals surface area contributed by atoms with Gasteiger partial charge in [-0.25, -0.2) is 9.18 Å². The zero-order chi connectivity index (χ0) is 13.8. The van der Waals surface area contributed by atoms with E-state index in [-0.39, 0.29) is 23.7 Å². The van der Waals surface area contributed by atoms with Gasteiger partial charge in [0.05, 0.1) is 5.92 Å². The lowest BCUT2D eigenvalue weighted by Crippen LogP contribution is -2.44. The van der Waals surface area contributed by atoms with Crippen LogP contribution < -0.4 is 16.4 Å². The van der Waals surface area contributed by atoms with Crippen LogP contribution in [0, 0.1) is 11.7 Å². The quantitative estimate of drug-likeness (QED) is 0.775. The highest BCUT2D eigenvalue weighted by molar-refractivity contribution is 5.90. The van der Waals surface area contributed by atoms with Crippen molar-refractivity contribution in [2.75, 3.05) is 5.32 Å². The van der Waals surface area contributed by atoms with Crippen LogP contribution >= 0.6 is 0 Å². The third kappa shape index (κ3) is 3.43. The van der Waals surface area contributed by atoms with Gasteiger partial charge < -0.3 is 16.4 Å². The molecule has 3 amide bonds. The molecule has 0 radical (unpaired) electrons. The van der Waals surface area contributed by atoms with Crippen LogP contribution in [0.2, 0.25) is 0 Å². The maximum atomic E-state index is 12.7. The molecule has 0 aliphatic heterocycles. The molecular weight excluding hydrogens is 249 g/mol. The minimum absolute atomic E-state index is 0.224. The molecular formula is C13H16FN3O2. The lowest BCUT2D eigenvalue weighted by atomic mass is 10.0. The van der Waals surface area contributed by atoms with Crippen molar-refractivity contribution in [1.29, 1.82) is 0 Å². The molecule has 0 heterocycles. The summed E-state index contributed by atoms with van der Waals surface area (Å²) in [5.41, 5.74) is 5.77. The molecule has 19 heavy (non-hydrogen) atoms. The summed E-state index contributed by atoms with van der Waals surface area (Å²) in [5.74, 6) is -1.06. The van der Waals surface area contributed by atoms with Gasteiger partial charge in [-0.1, -0.05) is 6.42 Å². The first-order valence-electron chi connectivity index (χ1n) is 6.18. The van der Waals surface area contributed by atoms with Gasteiger partial charge in [0.15, 0.2) is 0 Å². The molecule has 0 unspecified atom stereocenters. The van der Waals surface area contributed by atoms with Crippen LogP contribution in [0.3, 0.4) is 0 Å². The lowest BCUT2D eigenvalue weighted by Gasteiger charge is -2.18. The van der Waals surface area contributed by atoms with Crippen molar-refractivity contribution < 1.29 is 14.0 Å². The summed E-state index contributed by atoms with van der Waals surface area (Å²) >= 11 is 0. The van der Waals surface area contributed by atoms with E-state index in [0.29, 0.717) is 12.1 Å². The van der Waals surface area contributed by atoms with E-state index in [2.05, 4.69) is 10.6 Å². The van der Waals surface area contributed by atoms with Gasteiger partial charge in [0, 0.05) is 11.7 Å². The topological polar surface area (TPSA) is 84.2 Å². The molecule has 1 aromatic carbocycles. The molecule has 1 aliphatic carbocycles. The molecule has 6 heteroatoms. The molecule has 0 saturated heterocycles. The highest BCUT2D eigenvalue weighted by Crippen LogP contribution is 2.25. The van der Waals surface area contributed by atoms with E-state index in [4.69, 9.17) is 5.73 Å². The van der Waals surface area contributed by atoms with Gasteiger partial charge in [0.25, 0.3) is 0 Å². The van der Waals surface area contributed by atoms with Crippen LogP contribution in [0.4, 0.5) is 14.9 Å². The molecule has 0 bridgehead atoms. The number of halogens is 1. The fraction of sp³-hybridized carbons (Fsp3) is 0.385. The minimum Gasteiger partial charge on any atom is -0.369 e. The smallest absolute Gasteiger partial charge is 0.319 e. The monoisotopic (exact) mass is 265 g/mol. The summed E-state index contributed by atoms with van der Waals surface area (Å²) in [6.07, 6.45) is 2.32. The number of hydrogen-bond acceptors (Lipinski definition) is 2. The normalized spacial score (nSPS) is 21.9. The molecule has 2 atom stereocenters. The van der Waals surface area contributed by atoms with E-state index in [9.17, 15) is 14.0 Å². The van der Waals surface area contributed by atoms with Gasteiger partial charge in [0.2, 0.25) is 5.91 Å². The number of nitrogens with two attached hydrogens (primary N) is 1. The summed E-state index contributed by atoms with van der Waals surface area (Å²) in [7, 11) is 0. The SMILES string of the molecule is NC(=O)[C@@H]1CCC[C@@H]1NC(=O)Nc1ccc(F)cc1. The highest BCUT2D eigenvalue weighted by Gasteiger charge is 2.32. The molecule has 1 fully saturated rings. The molecule has 0 aromatic heterocycles. The number of hydrogen-bond donors (Lipinski definition) is 3. The Hall–Kier alpha value is -2.11. The van der Waals surface area contributed by atoms with E-state index in [1.165, 1.54) is 24.3 Å². The van der Waals surface area contributed by atoms with Crippen molar-refractivity contribution in [3.63, 3.8) is 0 Å². The van der Waals surface area contributed by atoms with Crippen LogP contribution in [-0.4, -0.2) is 18.0 Å². The number of anilines is 1. The van der Waals surface area contributed by atoms with Crippen molar-refractivity contribution >= 4 is 17.6 Å². The zero-order valence-electron chi connectivity index (χ0n) is 10.4. The molecule has 2 rings (SSSR count). The Kier molecular flexibility index (Phi) is 3.99. The average Bonchev–Trinajstić information content (AvgIpc) is 2.80. The minimum atomic E-state index is -0.412. The van der Waals surface area contributed by atoms with E-state index >= 15 is 0 Å². The van der Waals surface area contributed by atoms with Crippen LogP contribution in [0.25, 0.3) is 0 Å². The number of carbonyl (C=O) groups is 2. The van der Waals surface area contributed by atoms with Crippen LogP contribution in [0.1, 0.15) is 19.3 Å². The van der Waals surface area contributed by atoms with Crippen molar-refractivity contribution in [2.45, 2.75) is 25.3 Å². The molecule has 0 spiro atoms. The maximum Gasteiger partial charge on any atom is 0.319 e. The van der Waals surface area contributed by atoms with Gasteiger partial charge in [-0.3, -0.25) is 4.79 Å². The molecule has 4 N–H and O–H groups in total. The molecule has 1 aliphatic rings. The van der Waals surface area contributed by atoms with E-state index in [0.717, 1.165) is 12.8 Å². The largest absolute Gasteiger partial charge is 0.369 e. The Balaban J connectivity index is 1.90. The van der Waals surface area contributed by atoms with Gasteiger partial charge in [0.1, 0.15) is 5.82 Å². The predicted octanol–water partition coefficient (Wildman–Crippen LogP) is 1.60. The van der Waals surface area contributed by atoms with Gasteiger partial charge >= 0.3 is 6.03 Å². The van der Waals surface area contributed by atoms with E-state index < -0.39 is 6.03 Å². The Labute approximate surface area is 110 Å². The van der Waals surface area contributed by atoms with Crippen molar-refractivity contribution in [1.82, 2.24) is 5.32 Å². The maximum absolute atomic E-state index is 12.7. The van der Waals surface area contributed by atoms with E-state index in [1.807, 2.05) is 0 Å². The number of rotatable bonds is 3. The fourth-order valence-electron chi connectivity index (χ4n) is 2.34. The standard InChI is InChI=1S/C13H16FN3O2/c14-8-4-6-9(7-5-8)16-13(19)17-11-3-1-2-10(11)12(15)18/h4-7,10-11H,1-3H2,(H2,15,18)(H2,16,17,19)/t10-,11+/m1/s1. The summed E-state index contributed by atoms with van der Waals surface area (Å²) in [6.45, 7) is 0. The first-order chi connectivity index (χ1) is 9.06. The zero-order valence-corrected chi connectivity index (χ0v) is 10.4. The Morgan fingerprint density at radius 3 is 2.53 bits per heavy atom. The van der Waals surface area contributed by atoms with Crippen molar-refractivity contribution in [2.24, 2.45) is 11.7 Å². The van der Waals surface area contributed by atoms with E-state index in [1.54, 1.807) is 0 Å². The number of primary amides is 1. The van der Waals surface area contributed by atoms with Gasteiger partial charge in [-0.2, -0.15) is 0 Å². The Bertz CT molecular complexity index is 475. The molecule has 1 saturated carbocycles. The molecule has 102 valence electrons. The lowest BCUT2D eigenvalue weighted by molar-refractivity contribution is -0.122.